The lowest BCUT2D eigenvalue weighted by atomic mass is 10.0. The Bertz CT molecular complexity index is 2940. The van der Waals surface area contributed by atoms with E-state index in [0.29, 0.717) is 5.82 Å². The summed E-state index contributed by atoms with van der Waals surface area (Å²) in [5, 5.41) is 1.04. The number of hydrogen-bond acceptors (Lipinski definition) is 4. The van der Waals surface area contributed by atoms with Crippen molar-refractivity contribution in [3.05, 3.63) is 212 Å². The first-order valence-electron chi connectivity index (χ1n) is 18.8. The summed E-state index contributed by atoms with van der Waals surface area (Å²) in [6.07, 6.45) is 2.09. The molecule has 0 saturated carbocycles. The molecule has 0 spiro atoms. The van der Waals surface area contributed by atoms with Gasteiger partial charge in [-0.05, 0) is 65.7 Å². The number of pyridine rings is 1. The molecule has 0 bridgehead atoms. The minimum atomic E-state index is 0.713. The normalized spacial score (nSPS) is 11.2. The van der Waals surface area contributed by atoms with Gasteiger partial charge in [0.1, 0.15) is 5.65 Å². The number of fused-ring (bicyclic) bond motifs is 2. The molecule has 3 heterocycles. The molecule has 264 valence electrons. The molecule has 0 aliphatic carbocycles. The first-order valence-corrected chi connectivity index (χ1v) is 18.8. The van der Waals surface area contributed by atoms with Crippen LogP contribution in [0.2, 0.25) is 0 Å². The zero-order chi connectivity index (χ0) is 37.3. The first-order chi connectivity index (χ1) is 27.8. The smallest absolute Gasteiger partial charge is 0.160 e. The van der Waals surface area contributed by atoms with Crippen molar-refractivity contribution in [1.82, 2.24) is 19.4 Å². The van der Waals surface area contributed by atoms with Gasteiger partial charge in [-0.1, -0.05) is 152 Å². The standard InChI is InChI=1S/C51H35N5/c1-4-15-38(16-5-1)48-45-23-10-11-24-46(45)52-51(54-48)40-28-26-36(27-29-40)37-30-32-43(33-31-37)56(42-20-8-3-9-21-42)44-22-14-19-41(35-44)50-49(39-17-6-2-7-18-39)53-47-25-12-13-34-55(47)50/h1-35H. The fourth-order valence-corrected chi connectivity index (χ4v) is 7.52. The van der Waals surface area contributed by atoms with E-state index in [9.17, 15) is 0 Å². The average Bonchev–Trinajstić information content (AvgIpc) is 3.67. The van der Waals surface area contributed by atoms with Crippen molar-refractivity contribution in [2.75, 3.05) is 4.90 Å². The van der Waals surface area contributed by atoms with Crippen LogP contribution in [0.15, 0.2) is 212 Å². The number of rotatable bonds is 8. The van der Waals surface area contributed by atoms with Crippen LogP contribution in [0.3, 0.4) is 0 Å². The second-order valence-corrected chi connectivity index (χ2v) is 13.7. The molecule has 10 rings (SSSR count). The molecule has 7 aromatic carbocycles. The predicted molar refractivity (Wildman–Crippen MR) is 230 cm³/mol. The summed E-state index contributed by atoms with van der Waals surface area (Å²) in [4.78, 5) is 17.4. The van der Waals surface area contributed by atoms with Crippen molar-refractivity contribution >= 4 is 33.6 Å². The van der Waals surface area contributed by atoms with E-state index in [1.54, 1.807) is 0 Å². The van der Waals surface area contributed by atoms with E-state index in [0.717, 1.165) is 84.1 Å². The number of para-hydroxylation sites is 2. The second kappa shape index (κ2) is 14.3. The molecule has 0 N–H and O–H groups in total. The van der Waals surface area contributed by atoms with E-state index in [1.807, 2.05) is 42.5 Å². The maximum atomic E-state index is 5.08. The zero-order valence-electron chi connectivity index (χ0n) is 30.4. The number of anilines is 3. The molecule has 0 radical (unpaired) electrons. The maximum absolute atomic E-state index is 5.08. The van der Waals surface area contributed by atoms with Gasteiger partial charge in [0.25, 0.3) is 0 Å². The molecular weight excluding hydrogens is 683 g/mol. The Hall–Kier alpha value is -7.63. The van der Waals surface area contributed by atoms with E-state index in [2.05, 4.69) is 179 Å². The quantitative estimate of drug-likeness (QED) is 0.157. The van der Waals surface area contributed by atoms with E-state index in [1.165, 1.54) is 0 Å². The zero-order valence-corrected chi connectivity index (χ0v) is 30.4. The van der Waals surface area contributed by atoms with Crippen LogP contribution in [0.25, 0.3) is 72.8 Å². The molecule has 0 unspecified atom stereocenters. The Kier molecular flexibility index (Phi) is 8.43. The lowest BCUT2D eigenvalue weighted by molar-refractivity contribution is 1.19. The molecule has 0 aliphatic rings. The third-order valence-corrected chi connectivity index (χ3v) is 10.2. The number of hydrogen-bond donors (Lipinski definition) is 0. The molecule has 5 heteroatoms. The van der Waals surface area contributed by atoms with E-state index in [4.69, 9.17) is 15.0 Å². The van der Waals surface area contributed by atoms with Crippen LogP contribution in [-0.2, 0) is 0 Å². The number of nitrogens with zero attached hydrogens (tertiary/aromatic N) is 5. The van der Waals surface area contributed by atoms with E-state index in [-0.39, 0.29) is 0 Å². The van der Waals surface area contributed by atoms with E-state index >= 15 is 0 Å². The molecule has 5 nitrogen and oxygen atoms in total. The SMILES string of the molecule is c1ccc(-c2nc3ccccn3c2-c2cccc(N(c3ccccc3)c3ccc(-c4ccc(-c5nc(-c6ccccc6)c6ccccc6n5)cc4)cc3)c2)cc1. The van der Waals surface area contributed by atoms with E-state index < -0.39 is 0 Å². The van der Waals surface area contributed by atoms with Crippen LogP contribution >= 0.6 is 0 Å². The van der Waals surface area contributed by atoms with Crippen LogP contribution in [0, 0.1) is 0 Å². The van der Waals surface area contributed by atoms with Crippen LogP contribution in [0.4, 0.5) is 17.1 Å². The van der Waals surface area contributed by atoms with Crippen molar-refractivity contribution in [2.45, 2.75) is 0 Å². The minimum absolute atomic E-state index is 0.713. The largest absolute Gasteiger partial charge is 0.310 e. The van der Waals surface area contributed by atoms with Gasteiger partial charge in [-0.3, -0.25) is 4.40 Å². The summed E-state index contributed by atoms with van der Waals surface area (Å²) < 4.78 is 2.18. The molecule has 3 aromatic heterocycles. The highest BCUT2D eigenvalue weighted by atomic mass is 15.1. The number of aromatic nitrogens is 4. The summed E-state index contributed by atoms with van der Waals surface area (Å²) in [7, 11) is 0. The van der Waals surface area contributed by atoms with Crippen molar-refractivity contribution < 1.29 is 0 Å². The summed E-state index contributed by atoms with van der Waals surface area (Å²) in [5.41, 5.74) is 14.5. The fraction of sp³-hybridized carbons (Fsp3) is 0. The highest BCUT2D eigenvalue weighted by Crippen LogP contribution is 2.40. The van der Waals surface area contributed by atoms with Crippen LogP contribution in [-0.4, -0.2) is 19.4 Å². The van der Waals surface area contributed by atoms with Crippen LogP contribution in [0.1, 0.15) is 0 Å². The van der Waals surface area contributed by atoms with Gasteiger partial charge >= 0.3 is 0 Å². The predicted octanol–water partition coefficient (Wildman–Crippen LogP) is 13.1. The van der Waals surface area contributed by atoms with Gasteiger partial charge in [-0.25, -0.2) is 15.0 Å². The van der Waals surface area contributed by atoms with Crippen molar-refractivity contribution in [3.63, 3.8) is 0 Å². The molecule has 10 aromatic rings. The lowest BCUT2D eigenvalue weighted by Crippen LogP contribution is -2.10. The number of benzene rings is 7. The Morgan fingerprint density at radius 2 is 0.911 bits per heavy atom. The molecule has 0 amide bonds. The van der Waals surface area contributed by atoms with Gasteiger partial charge < -0.3 is 4.90 Å². The first kappa shape index (κ1) is 33.0. The number of imidazole rings is 1. The van der Waals surface area contributed by atoms with Crippen LogP contribution < -0.4 is 4.90 Å². The Morgan fingerprint density at radius 1 is 0.357 bits per heavy atom. The highest BCUT2D eigenvalue weighted by Gasteiger charge is 2.19. The Morgan fingerprint density at radius 3 is 1.64 bits per heavy atom. The average molecular weight is 718 g/mol. The van der Waals surface area contributed by atoms with Gasteiger partial charge in [0.05, 0.1) is 22.6 Å². The van der Waals surface area contributed by atoms with Gasteiger partial charge in [0.15, 0.2) is 5.82 Å². The van der Waals surface area contributed by atoms with Gasteiger partial charge in [-0.15, -0.1) is 0 Å². The molecule has 56 heavy (non-hydrogen) atoms. The third kappa shape index (κ3) is 6.17. The van der Waals surface area contributed by atoms with Gasteiger partial charge in [0, 0.05) is 50.9 Å². The third-order valence-electron chi connectivity index (χ3n) is 10.2. The van der Waals surface area contributed by atoms with Crippen molar-refractivity contribution in [2.24, 2.45) is 0 Å². The second-order valence-electron chi connectivity index (χ2n) is 13.7. The summed E-state index contributed by atoms with van der Waals surface area (Å²) in [5.74, 6) is 0.713. The monoisotopic (exact) mass is 717 g/mol. The topological polar surface area (TPSA) is 46.3 Å². The Balaban J connectivity index is 0.997. The Labute approximate surface area is 325 Å². The summed E-state index contributed by atoms with van der Waals surface area (Å²) >= 11 is 0. The summed E-state index contributed by atoms with van der Waals surface area (Å²) in [6.45, 7) is 0. The molecule has 0 fully saturated rings. The molecular formula is C51H35N5. The van der Waals surface area contributed by atoms with Gasteiger partial charge in [0.2, 0.25) is 0 Å². The summed E-state index contributed by atoms with van der Waals surface area (Å²) in [6, 6.07) is 71.7. The molecule has 0 atom stereocenters. The lowest BCUT2D eigenvalue weighted by Gasteiger charge is -2.26. The van der Waals surface area contributed by atoms with Crippen molar-refractivity contribution in [1.29, 1.82) is 0 Å². The highest BCUT2D eigenvalue weighted by molar-refractivity contribution is 5.94. The molecule has 0 saturated heterocycles. The van der Waals surface area contributed by atoms with Crippen molar-refractivity contribution in [3.8, 4) is 56.3 Å². The fourth-order valence-electron chi connectivity index (χ4n) is 7.52. The minimum Gasteiger partial charge on any atom is -0.310 e. The van der Waals surface area contributed by atoms with Gasteiger partial charge in [-0.2, -0.15) is 0 Å². The maximum Gasteiger partial charge on any atom is 0.160 e. The van der Waals surface area contributed by atoms with Crippen LogP contribution in [0.5, 0.6) is 0 Å². The molecule has 0 aliphatic heterocycles.